The Morgan fingerprint density at radius 3 is 1.53 bits per heavy atom. The molecule has 0 aromatic heterocycles. The van der Waals surface area contributed by atoms with Crippen molar-refractivity contribution in [1.82, 2.24) is 0 Å². The van der Waals surface area contributed by atoms with Gasteiger partial charge in [-0.25, -0.2) is 0 Å². The van der Waals surface area contributed by atoms with Gasteiger partial charge in [-0.2, -0.15) is 0 Å². The van der Waals surface area contributed by atoms with E-state index in [0.717, 1.165) is 0 Å². The number of rotatable bonds is 1. The van der Waals surface area contributed by atoms with Gasteiger partial charge in [0.2, 0.25) is 0 Å². The summed E-state index contributed by atoms with van der Waals surface area (Å²) in [6.45, 7) is 10.9. The summed E-state index contributed by atoms with van der Waals surface area (Å²) >= 11 is 0. The maximum atomic E-state index is 9.22. The van der Waals surface area contributed by atoms with Gasteiger partial charge in [-0.1, -0.05) is 19.4 Å². The second-order valence-corrected chi connectivity index (χ2v) is 4.14. The fourth-order valence-electron chi connectivity index (χ4n) is 1.99. The summed E-state index contributed by atoms with van der Waals surface area (Å²) in [6, 6.07) is 0. The van der Waals surface area contributed by atoms with Gasteiger partial charge < -0.3 is 5.11 Å². The molecule has 1 aliphatic rings. The van der Waals surface area contributed by atoms with Gasteiger partial charge in [-0.05, 0) is 37.5 Å². The molecule has 0 bridgehead atoms. The Morgan fingerprint density at radius 2 is 1.40 bits per heavy atom. The van der Waals surface area contributed by atoms with Crippen molar-refractivity contribution in [2.75, 3.05) is 6.61 Å². The van der Waals surface area contributed by atoms with Gasteiger partial charge in [-0.15, -0.1) is 24.8 Å². The SMILES string of the molecule is CC1=C(C)C(C)(C)C(CO)=C1C.Cl.Cl.[Zr]. The van der Waals surface area contributed by atoms with Crippen LogP contribution >= 0.6 is 24.8 Å². The first-order valence-electron chi connectivity index (χ1n) is 4.42. The molecule has 15 heavy (non-hydrogen) atoms. The van der Waals surface area contributed by atoms with Gasteiger partial charge in [-0.3, -0.25) is 0 Å². The fraction of sp³-hybridized carbons (Fsp3) is 0.636. The van der Waals surface area contributed by atoms with Crippen LogP contribution in [0.1, 0.15) is 34.6 Å². The zero-order valence-corrected chi connectivity index (χ0v) is 14.1. The van der Waals surface area contributed by atoms with Crippen LogP contribution < -0.4 is 0 Å². The Morgan fingerprint density at radius 1 is 1.00 bits per heavy atom. The molecular formula is C11H20Cl2OZr. The zero-order valence-electron chi connectivity index (χ0n) is 9.97. The smallest absolute Gasteiger partial charge is 0.0655 e. The number of aliphatic hydroxyl groups is 1. The summed E-state index contributed by atoms with van der Waals surface area (Å²) in [7, 11) is 0. The van der Waals surface area contributed by atoms with E-state index in [1.807, 2.05) is 0 Å². The third-order valence-corrected chi connectivity index (χ3v) is 3.43. The molecule has 0 heterocycles. The topological polar surface area (TPSA) is 20.2 Å². The van der Waals surface area contributed by atoms with E-state index in [1.165, 1.54) is 22.3 Å². The van der Waals surface area contributed by atoms with Crippen LogP contribution in [0, 0.1) is 5.41 Å². The van der Waals surface area contributed by atoms with Crippen LogP contribution in [-0.4, -0.2) is 11.7 Å². The van der Waals surface area contributed by atoms with E-state index in [9.17, 15) is 5.11 Å². The summed E-state index contributed by atoms with van der Waals surface area (Å²) in [6.07, 6.45) is 0. The van der Waals surface area contributed by atoms with Crippen LogP contribution in [-0.2, 0) is 26.2 Å². The number of halogens is 2. The normalized spacial score (nSPS) is 18.0. The van der Waals surface area contributed by atoms with E-state index in [-0.39, 0.29) is 63.0 Å². The molecule has 0 aromatic carbocycles. The van der Waals surface area contributed by atoms with Gasteiger partial charge in [0.05, 0.1) is 6.61 Å². The molecule has 0 aliphatic heterocycles. The first kappa shape index (κ1) is 21.2. The van der Waals surface area contributed by atoms with Crippen LogP contribution in [0.25, 0.3) is 0 Å². The molecule has 1 N–H and O–H groups in total. The van der Waals surface area contributed by atoms with Crippen molar-refractivity contribution >= 4 is 24.8 Å². The fourth-order valence-corrected chi connectivity index (χ4v) is 1.99. The molecule has 1 rings (SSSR count). The first-order chi connectivity index (χ1) is 5.42. The predicted octanol–water partition coefficient (Wildman–Crippen LogP) is 3.51. The molecular weight excluding hydrogens is 310 g/mol. The number of allylic oxidation sites excluding steroid dienone is 3. The minimum atomic E-state index is 0. The molecule has 1 nitrogen and oxygen atoms in total. The van der Waals surface area contributed by atoms with E-state index in [0.29, 0.717) is 0 Å². The Bertz CT molecular complexity index is 280. The van der Waals surface area contributed by atoms with Crippen molar-refractivity contribution in [2.45, 2.75) is 34.6 Å². The van der Waals surface area contributed by atoms with Gasteiger partial charge >= 0.3 is 0 Å². The molecule has 0 saturated carbocycles. The second kappa shape index (κ2) is 7.27. The predicted molar refractivity (Wildman–Crippen MR) is 66.4 cm³/mol. The molecule has 0 radical (unpaired) electrons. The first-order valence-corrected chi connectivity index (χ1v) is 4.42. The minimum absolute atomic E-state index is 0. The number of hydrogen-bond donors (Lipinski definition) is 1. The van der Waals surface area contributed by atoms with Crippen molar-refractivity contribution < 1.29 is 31.3 Å². The summed E-state index contributed by atoms with van der Waals surface area (Å²) in [5.41, 5.74) is 5.27. The van der Waals surface area contributed by atoms with Crippen molar-refractivity contribution in [1.29, 1.82) is 0 Å². The zero-order chi connectivity index (χ0) is 9.52. The largest absolute Gasteiger partial charge is 0.392 e. The molecule has 0 unspecified atom stereocenters. The van der Waals surface area contributed by atoms with Crippen molar-refractivity contribution in [3.8, 4) is 0 Å². The molecule has 0 saturated heterocycles. The van der Waals surface area contributed by atoms with Gasteiger partial charge in [0, 0.05) is 31.6 Å². The molecule has 0 aromatic rings. The third kappa shape index (κ3) is 3.43. The van der Waals surface area contributed by atoms with Crippen LogP contribution in [0.5, 0.6) is 0 Å². The van der Waals surface area contributed by atoms with E-state index in [1.54, 1.807) is 0 Å². The summed E-state index contributed by atoms with van der Waals surface area (Å²) in [5, 5.41) is 9.22. The maximum absolute atomic E-state index is 9.22. The Hall–Kier alpha value is 0.903. The minimum Gasteiger partial charge on any atom is -0.392 e. The quantitative estimate of drug-likeness (QED) is 0.780. The molecule has 0 amide bonds. The summed E-state index contributed by atoms with van der Waals surface area (Å²) in [5.74, 6) is 0. The van der Waals surface area contributed by atoms with Gasteiger partial charge in [0.1, 0.15) is 0 Å². The molecule has 88 valence electrons. The van der Waals surface area contributed by atoms with Gasteiger partial charge in [0.25, 0.3) is 0 Å². The summed E-state index contributed by atoms with van der Waals surface area (Å²) < 4.78 is 0. The monoisotopic (exact) mass is 328 g/mol. The molecule has 0 spiro atoms. The Balaban J connectivity index is -0.000000480. The van der Waals surface area contributed by atoms with Crippen LogP contribution in [0.2, 0.25) is 0 Å². The number of hydrogen-bond acceptors (Lipinski definition) is 1. The molecule has 0 atom stereocenters. The standard InChI is InChI=1S/C11H18O.2ClH.Zr/c1-7-8(2)10(6-12)11(4,5)9(7)3;;;/h12H,6H2,1-5H3;2*1H;. The molecule has 4 heteroatoms. The molecule has 1 aliphatic carbocycles. The molecule has 0 fully saturated rings. The van der Waals surface area contributed by atoms with Crippen LogP contribution in [0.15, 0.2) is 22.3 Å². The average molecular weight is 330 g/mol. The van der Waals surface area contributed by atoms with Gasteiger partial charge in [0.15, 0.2) is 0 Å². The van der Waals surface area contributed by atoms with E-state index < -0.39 is 0 Å². The van der Waals surface area contributed by atoms with Crippen molar-refractivity contribution in [2.24, 2.45) is 5.41 Å². The van der Waals surface area contributed by atoms with E-state index in [4.69, 9.17) is 0 Å². The van der Waals surface area contributed by atoms with Crippen LogP contribution in [0.3, 0.4) is 0 Å². The van der Waals surface area contributed by atoms with Crippen molar-refractivity contribution in [3.05, 3.63) is 22.3 Å². The summed E-state index contributed by atoms with van der Waals surface area (Å²) in [4.78, 5) is 0. The second-order valence-electron chi connectivity index (χ2n) is 4.14. The maximum Gasteiger partial charge on any atom is 0.0655 e. The Kier molecular flexibility index (Phi) is 10.3. The number of aliphatic hydroxyl groups excluding tert-OH is 1. The van der Waals surface area contributed by atoms with Crippen LogP contribution in [0.4, 0.5) is 0 Å². The Labute approximate surface area is 124 Å². The average Bonchev–Trinajstić information content (AvgIpc) is 2.13. The third-order valence-electron chi connectivity index (χ3n) is 3.43. The van der Waals surface area contributed by atoms with E-state index in [2.05, 4.69) is 34.6 Å². The van der Waals surface area contributed by atoms with E-state index >= 15 is 0 Å². The van der Waals surface area contributed by atoms with Crippen molar-refractivity contribution in [3.63, 3.8) is 0 Å².